The van der Waals surface area contributed by atoms with Crippen LogP contribution >= 0.6 is 22.3 Å². The van der Waals surface area contributed by atoms with Crippen LogP contribution in [0.5, 0.6) is 0 Å². The fraction of sp³-hybridized carbons (Fsp3) is 0.500. The third-order valence-electron chi connectivity index (χ3n) is 3.44. The molecular formula is C14H17Cl2NO3S. The molecule has 0 aliphatic heterocycles. The first kappa shape index (κ1) is 16.6. The number of carbonyl (C=O) groups is 1. The highest BCUT2D eigenvalue weighted by Gasteiger charge is 2.33. The molecule has 0 N–H and O–H groups in total. The zero-order valence-electron chi connectivity index (χ0n) is 11.9. The number of benzene rings is 1. The molecule has 1 amide bonds. The second kappa shape index (κ2) is 6.15. The Bertz CT molecular complexity index is 669. The van der Waals surface area contributed by atoms with Crippen molar-refractivity contribution in [3.05, 3.63) is 28.3 Å². The molecule has 1 aromatic rings. The number of carbonyl (C=O) groups excluding carboxylic acids is 1. The van der Waals surface area contributed by atoms with Crippen molar-refractivity contribution in [2.24, 2.45) is 0 Å². The maximum Gasteiger partial charge on any atom is 0.262 e. The molecule has 2 rings (SSSR count). The van der Waals surface area contributed by atoms with E-state index in [4.69, 9.17) is 22.3 Å². The normalized spacial score (nSPS) is 15.0. The van der Waals surface area contributed by atoms with E-state index in [1.54, 1.807) is 17.9 Å². The minimum Gasteiger partial charge on any atom is -0.336 e. The van der Waals surface area contributed by atoms with Crippen LogP contribution in [0.25, 0.3) is 0 Å². The highest BCUT2D eigenvalue weighted by Crippen LogP contribution is 2.32. The van der Waals surface area contributed by atoms with E-state index in [2.05, 4.69) is 0 Å². The van der Waals surface area contributed by atoms with Gasteiger partial charge in [0.15, 0.2) is 0 Å². The number of nitrogens with zero attached hydrogens (tertiary/aromatic N) is 1. The van der Waals surface area contributed by atoms with Gasteiger partial charge in [-0.15, -0.1) is 0 Å². The molecule has 4 nitrogen and oxygen atoms in total. The first-order chi connectivity index (χ1) is 9.75. The van der Waals surface area contributed by atoms with E-state index in [1.165, 1.54) is 6.07 Å². The predicted octanol–water partition coefficient (Wildman–Crippen LogP) is 3.59. The fourth-order valence-electron chi connectivity index (χ4n) is 2.28. The van der Waals surface area contributed by atoms with Gasteiger partial charge >= 0.3 is 0 Å². The average molecular weight is 350 g/mol. The number of hydrogen-bond acceptors (Lipinski definition) is 3. The largest absolute Gasteiger partial charge is 0.336 e. The Hall–Kier alpha value is -0.780. The standard InChI is InChI=1S/C14H17Cl2NO3S/c1-3-6-17(11-4-5-11)14(18)10-7-9(2)13(15)12(8-10)21(16,19)20/h7-8,11H,3-6H2,1-2H3. The predicted molar refractivity (Wildman–Crippen MR) is 83.6 cm³/mol. The lowest BCUT2D eigenvalue weighted by atomic mass is 10.1. The Morgan fingerprint density at radius 2 is 2.00 bits per heavy atom. The van der Waals surface area contributed by atoms with Gasteiger partial charge < -0.3 is 4.90 Å². The van der Waals surface area contributed by atoms with Crippen LogP contribution in [0.1, 0.15) is 42.1 Å². The third-order valence-corrected chi connectivity index (χ3v) is 5.40. The molecule has 7 heteroatoms. The van der Waals surface area contributed by atoms with Crippen LogP contribution in [-0.2, 0) is 9.05 Å². The minimum atomic E-state index is -3.99. The smallest absolute Gasteiger partial charge is 0.262 e. The summed E-state index contributed by atoms with van der Waals surface area (Å²) in [4.78, 5) is 14.2. The molecule has 0 spiro atoms. The summed E-state index contributed by atoms with van der Waals surface area (Å²) in [5.41, 5.74) is 0.838. The van der Waals surface area contributed by atoms with Gasteiger partial charge in [0.05, 0.1) is 5.02 Å². The van der Waals surface area contributed by atoms with Crippen molar-refractivity contribution >= 4 is 37.2 Å². The maximum atomic E-state index is 12.6. The van der Waals surface area contributed by atoms with Gasteiger partial charge in [-0.3, -0.25) is 4.79 Å². The number of hydrogen-bond donors (Lipinski definition) is 0. The lowest BCUT2D eigenvalue weighted by Gasteiger charge is -2.22. The van der Waals surface area contributed by atoms with Crippen LogP contribution in [0.3, 0.4) is 0 Å². The Kier molecular flexibility index (Phi) is 4.85. The number of amides is 1. The van der Waals surface area contributed by atoms with Crippen LogP contribution in [0.2, 0.25) is 5.02 Å². The summed E-state index contributed by atoms with van der Waals surface area (Å²) in [5.74, 6) is -0.166. The fourth-order valence-corrected chi connectivity index (χ4v) is 3.82. The summed E-state index contributed by atoms with van der Waals surface area (Å²) >= 11 is 5.98. The van der Waals surface area contributed by atoms with Crippen molar-refractivity contribution < 1.29 is 13.2 Å². The van der Waals surface area contributed by atoms with Crippen molar-refractivity contribution in [2.75, 3.05) is 6.54 Å². The third kappa shape index (κ3) is 3.71. The van der Waals surface area contributed by atoms with E-state index < -0.39 is 9.05 Å². The van der Waals surface area contributed by atoms with Crippen molar-refractivity contribution in [3.8, 4) is 0 Å². The molecule has 1 saturated carbocycles. The second-order valence-corrected chi connectivity index (χ2v) is 8.19. The molecule has 0 bridgehead atoms. The number of halogens is 2. The topological polar surface area (TPSA) is 54.5 Å². The zero-order valence-corrected chi connectivity index (χ0v) is 14.2. The molecule has 0 heterocycles. The SMILES string of the molecule is CCCN(C(=O)c1cc(C)c(Cl)c(S(=O)(=O)Cl)c1)C1CC1. The van der Waals surface area contributed by atoms with Gasteiger partial charge in [0.1, 0.15) is 4.90 Å². The van der Waals surface area contributed by atoms with E-state index in [9.17, 15) is 13.2 Å². The summed E-state index contributed by atoms with van der Waals surface area (Å²) in [6.07, 6.45) is 2.85. The summed E-state index contributed by atoms with van der Waals surface area (Å²) < 4.78 is 23.2. The van der Waals surface area contributed by atoms with E-state index in [1.807, 2.05) is 6.92 Å². The zero-order chi connectivity index (χ0) is 15.8. The molecular weight excluding hydrogens is 333 g/mol. The van der Waals surface area contributed by atoms with Crippen LogP contribution in [0, 0.1) is 6.92 Å². The molecule has 116 valence electrons. The molecule has 0 aromatic heterocycles. The quantitative estimate of drug-likeness (QED) is 0.763. The number of aryl methyl sites for hydroxylation is 1. The number of rotatable bonds is 5. The molecule has 1 fully saturated rings. The van der Waals surface area contributed by atoms with Crippen molar-refractivity contribution in [3.63, 3.8) is 0 Å². The molecule has 21 heavy (non-hydrogen) atoms. The maximum absolute atomic E-state index is 12.6. The van der Waals surface area contributed by atoms with Crippen molar-refractivity contribution in [1.29, 1.82) is 0 Å². The molecule has 1 aromatic carbocycles. The Morgan fingerprint density at radius 1 is 1.38 bits per heavy atom. The van der Waals surface area contributed by atoms with Crippen LogP contribution in [0.4, 0.5) is 0 Å². The van der Waals surface area contributed by atoms with Crippen molar-refractivity contribution in [2.45, 2.75) is 44.0 Å². The lowest BCUT2D eigenvalue weighted by Crippen LogP contribution is -2.33. The first-order valence-corrected chi connectivity index (χ1v) is 9.50. The molecule has 0 radical (unpaired) electrons. The van der Waals surface area contributed by atoms with Gasteiger partial charge in [0, 0.05) is 28.8 Å². The molecule has 0 atom stereocenters. The van der Waals surface area contributed by atoms with E-state index in [0.717, 1.165) is 19.3 Å². The van der Waals surface area contributed by atoms with Crippen molar-refractivity contribution in [1.82, 2.24) is 4.90 Å². The highest BCUT2D eigenvalue weighted by atomic mass is 35.7. The summed E-state index contributed by atoms with van der Waals surface area (Å²) in [6, 6.07) is 3.15. The van der Waals surface area contributed by atoms with Gasteiger partial charge in [-0.1, -0.05) is 18.5 Å². The van der Waals surface area contributed by atoms with Gasteiger partial charge in [-0.25, -0.2) is 8.42 Å². The van der Waals surface area contributed by atoms with Gasteiger partial charge in [0.2, 0.25) is 0 Å². The molecule has 1 aliphatic rings. The van der Waals surface area contributed by atoms with E-state index >= 15 is 0 Å². The summed E-state index contributed by atoms with van der Waals surface area (Å²) in [7, 11) is 1.41. The van der Waals surface area contributed by atoms with E-state index in [-0.39, 0.29) is 21.9 Å². The van der Waals surface area contributed by atoms with E-state index in [0.29, 0.717) is 17.7 Å². The highest BCUT2D eigenvalue weighted by molar-refractivity contribution is 8.13. The first-order valence-electron chi connectivity index (χ1n) is 6.81. The average Bonchev–Trinajstić information content (AvgIpc) is 3.21. The van der Waals surface area contributed by atoms with Gasteiger partial charge in [-0.2, -0.15) is 0 Å². The molecule has 0 unspecified atom stereocenters. The summed E-state index contributed by atoms with van der Waals surface area (Å²) in [5, 5.41) is 0.0648. The molecule has 0 saturated heterocycles. The lowest BCUT2D eigenvalue weighted by molar-refractivity contribution is 0.0743. The Balaban J connectivity index is 2.44. The van der Waals surface area contributed by atoms with Gasteiger partial charge in [0.25, 0.3) is 15.0 Å². The van der Waals surface area contributed by atoms with Crippen LogP contribution in [0.15, 0.2) is 17.0 Å². The monoisotopic (exact) mass is 349 g/mol. The van der Waals surface area contributed by atoms with Crippen LogP contribution in [-0.4, -0.2) is 31.8 Å². The Labute approximate surface area is 134 Å². The molecule has 1 aliphatic carbocycles. The van der Waals surface area contributed by atoms with Crippen LogP contribution < -0.4 is 0 Å². The minimum absolute atomic E-state index is 0.0648. The van der Waals surface area contributed by atoms with Gasteiger partial charge in [-0.05, 0) is 43.9 Å². The second-order valence-electron chi connectivity index (χ2n) is 5.27. The summed E-state index contributed by atoms with van der Waals surface area (Å²) in [6.45, 7) is 4.32. The Morgan fingerprint density at radius 3 is 2.48 bits per heavy atom.